The summed E-state index contributed by atoms with van der Waals surface area (Å²) in [6.45, 7) is 2.33. The van der Waals surface area contributed by atoms with Crippen LogP contribution in [0.2, 0.25) is 0 Å². The fourth-order valence-electron chi connectivity index (χ4n) is 0.686. The van der Waals surface area contributed by atoms with Crippen LogP contribution in [0.5, 0.6) is 0 Å². The molecule has 1 unspecified atom stereocenters. The molecule has 0 aliphatic carbocycles. The molecule has 1 heterocycles. The zero-order chi connectivity index (χ0) is 8.81. The summed E-state index contributed by atoms with van der Waals surface area (Å²) in [7, 11) is -2.20. The van der Waals surface area contributed by atoms with Gasteiger partial charge in [-0.15, -0.1) is 0 Å². The average Bonchev–Trinajstić information content (AvgIpc) is 2.79. The zero-order valence-corrected chi connectivity index (χ0v) is 7.57. The molecule has 0 bridgehead atoms. The molecule has 1 atom stereocenters. The second-order valence-corrected chi connectivity index (χ2v) is 3.23. The van der Waals surface area contributed by atoms with Crippen molar-refractivity contribution in [2.45, 2.75) is 12.5 Å². The van der Waals surface area contributed by atoms with Gasteiger partial charge >= 0.3 is 8.60 Å². The van der Waals surface area contributed by atoms with E-state index in [-0.39, 0.29) is 0 Å². The molecule has 0 aromatic carbocycles. The van der Waals surface area contributed by atoms with E-state index in [1.165, 1.54) is 0 Å². The lowest BCUT2D eigenvalue weighted by molar-refractivity contribution is 0.102. The van der Waals surface area contributed by atoms with Gasteiger partial charge < -0.3 is 23.8 Å². The van der Waals surface area contributed by atoms with Crippen LogP contribution in [0.1, 0.15) is 6.42 Å². The van der Waals surface area contributed by atoms with Crippen molar-refractivity contribution in [3.8, 4) is 0 Å². The lowest BCUT2D eigenvalue weighted by Crippen LogP contribution is -2.04. The predicted molar refractivity (Wildman–Crippen MR) is 42.5 cm³/mol. The minimum Gasteiger partial charge on any atom is -0.379 e. The Bertz CT molecular complexity index is 111. The largest absolute Gasteiger partial charge is 0.379 e. The van der Waals surface area contributed by atoms with Crippen LogP contribution >= 0.6 is 8.60 Å². The van der Waals surface area contributed by atoms with E-state index in [9.17, 15) is 0 Å². The number of hydrogen-bond acceptors (Lipinski definition) is 5. The van der Waals surface area contributed by atoms with E-state index in [0.717, 1.165) is 6.61 Å². The molecular formula is C6H13O5P. The molecule has 0 saturated carbocycles. The average molecular weight is 196 g/mol. The summed E-state index contributed by atoms with van der Waals surface area (Å²) in [5.41, 5.74) is 0. The highest BCUT2D eigenvalue weighted by Gasteiger charge is 2.21. The predicted octanol–water partition coefficient (Wildman–Crippen LogP) is 0.0200. The van der Waals surface area contributed by atoms with Crippen molar-refractivity contribution < 1.29 is 23.8 Å². The van der Waals surface area contributed by atoms with Crippen molar-refractivity contribution in [2.75, 3.05) is 26.4 Å². The van der Waals surface area contributed by atoms with Crippen LogP contribution in [-0.2, 0) is 14.0 Å². The van der Waals surface area contributed by atoms with Crippen molar-refractivity contribution >= 4 is 8.60 Å². The summed E-state index contributed by atoms with van der Waals surface area (Å²) in [5, 5.41) is 0. The smallest absolute Gasteiger partial charge is 0.327 e. The first kappa shape index (κ1) is 10.3. The fourth-order valence-corrected chi connectivity index (χ4v) is 0.979. The van der Waals surface area contributed by atoms with Crippen molar-refractivity contribution in [3.63, 3.8) is 0 Å². The topological polar surface area (TPSA) is 71.5 Å². The molecule has 1 aliphatic heterocycles. The van der Waals surface area contributed by atoms with Gasteiger partial charge in [-0.05, 0) is 6.42 Å². The van der Waals surface area contributed by atoms with E-state index in [4.69, 9.17) is 19.3 Å². The standard InChI is InChI=1S/C6H13O5P/c7-12(8)11-3-1-2-9-4-6-5-10-6/h6-8H,1-5H2. The van der Waals surface area contributed by atoms with Gasteiger partial charge in [0.15, 0.2) is 0 Å². The second-order valence-electron chi connectivity index (χ2n) is 2.47. The Morgan fingerprint density at radius 1 is 1.42 bits per heavy atom. The van der Waals surface area contributed by atoms with Crippen molar-refractivity contribution in [2.24, 2.45) is 0 Å². The van der Waals surface area contributed by atoms with Crippen molar-refractivity contribution in [1.29, 1.82) is 0 Å². The third-order valence-electron chi connectivity index (χ3n) is 1.35. The van der Waals surface area contributed by atoms with Gasteiger partial charge in [0, 0.05) is 6.61 Å². The highest BCUT2D eigenvalue weighted by molar-refractivity contribution is 7.39. The number of epoxide rings is 1. The molecule has 0 radical (unpaired) electrons. The first-order valence-corrected chi connectivity index (χ1v) is 4.95. The molecule has 6 heteroatoms. The van der Waals surface area contributed by atoms with Crippen molar-refractivity contribution in [3.05, 3.63) is 0 Å². The summed E-state index contributed by atoms with van der Waals surface area (Å²) >= 11 is 0. The number of ether oxygens (including phenoxy) is 2. The Kier molecular flexibility index (Phi) is 4.99. The van der Waals surface area contributed by atoms with Gasteiger partial charge in [-0.25, -0.2) is 0 Å². The van der Waals surface area contributed by atoms with Gasteiger partial charge in [-0.1, -0.05) is 0 Å². The first-order chi connectivity index (χ1) is 5.79. The van der Waals surface area contributed by atoms with Crippen LogP contribution in [-0.4, -0.2) is 42.3 Å². The molecule has 0 spiro atoms. The van der Waals surface area contributed by atoms with Gasteiger partial charge in [0.2, 0.25) is 0 Å². The number of hydrogen-bond donors (Lipinski definition) is 2. The summed E-state index contributed by atoms with van der Waals surface area (Å²) in [5.74, 6) is 0. The SMILES string of the molecule is OP(O)OCCCOCC1CO1. The van der Waals surface area contributed by atoms with E-state index in [1.54, 1.807) is 0 Å². The third kappa shape index (κ3) is 5.83. The van der Waals surface area contributed by atoms with E-state index in [2.05, 4.69) is 4.52 Å². The van der Waals surface area contributed by atoms with E-state index in [1.807, 2.05) is 0 Å². The van der Waals surface area contributed by atoms with Crippen LogP contribution in [0.4, 0.5) is 0 Å². The summed E-state index contributed by atoms with van der Waals surface area (Å²) in [6, 6.07) is 0. The van der Waals surface area contributed by atoms with Crippen LogP contribution in [0, 0.1) is 0 Å². The molecule has 0 amide bonds. The molecular weight excluding hydrogens is 183 g/mol. The molecule has 72 valence electrons. The maximum absolute atomic E-state index is 8.34. The van der Waals surface area contributed by atoms with Gasteiger partial charge in [-0.2, -0.15) is 0 Å². The van der Waals surface area contributed by atoms with E-state index >= 15 is 0 Å². The van der Waals surface area contributed by atoms with Gasteiger partial charge in [-0.3, -0.25) is 0 Å². The highest BCUT2D eigenvalue weighted by Crippen LogP contribution is 2.23. The monoisotopic (exact) mass is 196 g/mol. The molecule has 0 aromatic heterocycles. The molecule has 1 rings (SSSR count). The molecule has 2 N–H and O–H groups in total. The maximum atomic E-state index is 8.34. The zero-order valence-electron chi connectivity index (χ0n) is 6.68. The second kappa shape index (κ2) is 5.80. The molecule has 1 fully saturated rings. The van der Waals surface area contributed by atoms with Crippen LogP contribution in [0.15, 0.2) is 0 Å². The normalized spacial score (nSPS) is 21.8. The minimum absolute atomic E-state index is 0.290. The Morgan fingerprint density at radius 3 is 2.75 bits per heavy atom. The Balaban J connectivity index is 1.70. The molecule has 1 saturated heterocycles. The maximum Gasteiger partial charge on any atom is 0.327 e. The van der Waals surface area contributed by atoms with Crippen LogP contribution < -0.4 is 0 Å². The third-order valence-corrected chi connectivity index (χ3v) is 1.76. The van der Waals surface area contributed by atoms with Crippen molar-refractivity contribution in [1.82, 2.24) is 0 Å². The Morgan fingerprint density at radius 2 is 2.17 bits per heavy atom. The molecule has 0 aromatic rings. The summed E-state index contributed by atoms with van der Waals surface area (Å²) in [4.78, 5) is 16.7. The first-order valence-electron chi connectivity index (χ1n) is 3.79. The fraction of sp³-hybridized carbons (Fsp3) is 1.00. The Labute approximate surface area is 72.2 Å². The lowest BCUT2D eigenvalue weighted by atomic mass is 10.5. The van der Waals surface area contributed by atoms with Gasteiger partial charge in [0.05, 0.1) is 19.8 Å². The van der Waals surface area contributed by atoms with Crippen LogP contribution in [0.25, 0.3) is 0 Å². The molecule has 12 heavy (non-hydrogen) atoms. The molecule has 1 aliphatic rings. The van der Waals surface area contributed by atoms with Gasteiger partial charge in [0.1, 0.15) is 6.10 Å². The summed E-state index contributed by atoms with van der Waals surface area (Å²) < 4.78 is 14.6. The van der Waals surface area contributed by atoms with Gasteiger partial charge in [0.25, 0.3) is 0 Å². The minimum atomic E-state index is -2.20. The van der Waals surface area contributed by atoms with Crippen LogP contribution in [0.3, 0.4) is 0 Å². The highest BCUT2D eigenvalue weighted by atomic mass is 31.2. The number of rotatable bonds is 7. The molecule has 5 nitrogen and oxygen atoms in total. The van der Waals surface area contributed by atoms with E-state index < -0.39 is 8.60 Å². The Hall–Kier alpha value is 0.230. The quantitative estimate of drug-likeness (QED) is 0.341. The van der Waals surface area contributed by atoms with E-state index in [0.29, 0.717) is 32.3 Å². The lowest BCUT2D eigenvalue weighted by Gasteiger charge is -2.03. The summed E-state index contributed by atoms with van der Waals surface area (Å²) in [6.07, 6.45) is 0.964.